The minimum absolute atomic E-state index is 0.545. The molecule has 70 valence electrons. The van der Waals surface area contributed by atoms with Crippen LogP contribution < -0.4 is 5.32 Å². The smallest absolute Gasteiger partial charge is 0.146 e. The minimum atomic E-state index is 0.545. The van der Waals surface area contributed by atoms with Gasteiger partial charge in [-0.1, -0.05) is 35.6 Å². The number of nitrogens with one attached hydrogen (secondary N) is 2. The lowest BCUT2D eigenvalue weighted by atomic mass is 10.3. The molecule has 0 fully saturated rings. The Hall–Kier alpha value is -1.75. The van der Waals surface area contributed by atoms with Crippen LogP contribution in [0.4, 0.5) is 11.4 Å². The molecule has 0 aliphatic rings. The average Bonchev–Trinajstić information content (AvgIpc) is 2.23. The third kappa shape index (κ3) is 1.94. The molecule has 0 atom stereocenters. The first-order chi connectivity index (χ1) is 6.86. The molecule has 0 saturated carbocycles. The standard InChI is InChI=1S/C9H8N4S/c14-9-8(6-10-13-12-9)11-7-4-2-1-3-5-7/h1-6H,(H,11,13)(H,10,12,14). The number of aromatic amines is 1. The van der Waals surface area contributed by atoms with Crippen molar-refractivity contribution in [1.82, 2.24) is 15.4 Å². The van der Waals surface area contributed by atoms with Crippen LogP contribution in [-0.2, 0) is 0 Å². The lowest BCUT2D eigenvalue weighted by molar-refractivity contribution is 0.859. The number of nitrogens with zero attached hydrogens (tertiary/aromatic N) is 2. The highest BCUT2D eigenvalue weighted by Crippen LogP contribution is 2.14. The summed E-state index contributed by atoms with van der Waals surface area (Å²) in [5.41, 5.74) is 1.72. The van der Waals surface area contributed by atoms with Gasteiger partial charge in [0.15, 0.2) is 0 Å². The van der Waals surface area contributed by atoms with Crippen LogP contribution in [0.5, 0.6) is 0 Å². The third-order valence-corrected chi connectivity index (χ3v) is 2.00. The first-order valence-corrected chi connectivity index (χ1v) is 4.49. The molecular weight excluding hydrogens is 196 g/mol. The van der Waals surface area contributed by atoms with Gasteiger partial charge < -0.3 is 5.32 Å². The van der Waals surface area contributed by atoms with Gasteiger partial charge in [0.2, 0.25) is 0 Å². The molecule has 4 nitrogen and oxygen atoms in total. The van der Waals surface area contributed by atoms with Crippen molar-refractivity contribution in [1.29, 1.82) is 0 Å². The summed E-state index contributed by atoms with van der Waals surface area (Å²) in [6.07, 6.45) is 1.59. The summed E-state index contributed by atoms with van der Waals surface area (Å²) in [6.45, 7) is 0. The van der Waals surface area contributed by atoms with Gasteiger partial charge in [0.05, 0.1) is 11.9 Å². The third-order valence-electron chi connectivity index (χ3n) is 1.69. The van der Waals surface area contributed by atoms with Gasteiger partial charge in [-0.2, -0.15) is 0 Å². The van der Waals surface area contributed by atoms with Crippen molar-refractivity contribution in [2.24, 2.45) is 0 Å². The van der Waals surface area contributed by atoms with Crippen LogP contribution in [0.15, 0.2) is 36.5 Å². The van der Waals surface area contributed by atoms with Crippen molar-refractivity contribution < 1.29 is 0 Å². The molecule has 5 heteroatoms. The fourth-order valence-corrected chi connectivity index (χ4v) is 1.19. The van der Waals surface area contributed by atoms with Gasteiger partial charge in [0.1, 0.15) is 4.64 Å². The summed E-state index contributed by atoms with van der Waals surface area (Å²) in [5, 5.41) is 13.0. The van der Waals surface area contributed by atoms with Crippen molar-refractivity contribution >= 4 is 23.6 Å². The van der Waals surface area contributed by atoms with Crippen molar-refractivity contribution in [3.63, 3.8) is 0 Å². The summed E-state index contributed by atoms with van der Waals surface area (Å²) in [4.78, 5) is 0. The maximum Gasteiger partial charge on any atom is 0.146 e. The van der Waals surface area contributed by atoms with E-state index in [4.69, 9.17) is 12.2 Å². The lowest BCUT2D eigenvalue weighted by Gasteiger charge is -2.03. The molecule has 0 spiro atoms. The predicted octanol–water partition coefficient (Wildman–Crippen LogP) is 2.28. The molecule has 2 N–H and O–H groups in total. The number of para-hydroxylation sites is 1. The number of rotatable bonds is 2. The van der Waals surface area contributed by atoms with Gasteiger partial charge in [-0.15, -0.1) is 5.10 Å². The number of hydrogen-bond donors (Lipinski definition) is 2. The van der Waals surface area contributed by atoms with E-state index in [2.05, 4.69) is 20.7 Å². The van der Waals surface area contributed by atoms with E-state index in [9.17, 15) is 0 Å². The lowest BCUT2D eigenvalue weighted by Crippen LogP contribution is -1.95. The highest BCUT2D eigenvalue weighted by Gasteiger charge is 1.95. The summed E-state index contributed by atoms with van der Waals surface area (Å²) in [5.74, 6) is 0. The van der Waals surface area contributed by atoms with E-state index < -0.39 is 0 Å². The molecular formula is C9H8N4S. The van der Waals surface area contributed by atoms with Crippen LogP contribution in [0.3, 0.4) is 0 Å². The van der Waals surface area contributed by atoms with Crippen LogP contribution >= 0.6 is 12.2 Å². The first-order valence-electron chi connectivity index (χ1n) is 4.09. The quantitative estimate of drug-likeness (QED) is 0.737. The number of H-pyrrole nitrogens is 1. The fourth-order valence-electron chi connectivity index (χ4n) is 1.05. The molecule has 0 aliphatic carbocycles. The van der Waals surface area contributed by atoms with Crippen LogP contribution in [-0.4, -0.2) is 15.4 Å². The van der Waals surface area contributed by atoms with E-state index in [0.717, 1.165) is 11.4 Å². The second-order valence-corrected chi connectivity index (χ2v) is 3.10. The highest BCUT2D eigenvalue weighted by molar-refractivity contribution is 7.71. The Morgan fingerprint density at radius 1 is 1.21 bits per heavy atom. The molecule has 0 aliphatic heterocycles. The fraction of sp³-hybridized carbons (Fsp3) is 0. The summed E-state index contributed by atoms with van der Waals surface area (Å²) < 4.78 is 0.545. The summed E-state index contributed by atoms with van der Waals surface area (Å²) in [6, 6.07) is 9.76. The summed E-state index contributed by atoms with van der Waals surface area (Å²) >= 11 is 5.03. The molecule has 0 unspecified atom stereocenters. The zero-order valence-corrected chi connectivity index (χ0v) is 8.08. The van der Waals surface area contributed by atoms with E-state index in [1.54, 1.807) is 6.20 Å². The van der Waals surface area contributed by atoms with Crippen LogP contribution in [0.1, 0.15) is 0 Å². The van der Waals surface area contributed by atoms with E-state index in [1.807, 2.05) is 30.3 Å². The van der Waals surface area contributed by atoms with Gasteiger partial charge in [-0.05, 0) is 12.1 Å². The summed E-state index contributed by atoms with van der Waals surface area (Å²) in [7, 11) is 0. The topological polar surface area (TPSA) is 53.6 Å². The molecule has 1 aromatic heterocycles. The molecule has 14 heavy (non-hydrogen) atoms. The number of benzene rings is 1. The van der Waals surface area contributed by atoms with Gasteiger partial charge in [0, 0.05) is 5.69 Å². The number of anilines is 2. The largest absolute Gasteiger partial charge is 0.352 e. The molecule has 0 bridgehead atoms. The van der Waals surface area contributed by atoms with Gasteiger partial charge in [-0.25, -0.2) is 5.10 Å². The van der Waals surface area contributed by atoms with E-state index in [0.29, 0.717) is 4.64 Å². The van der Waals surface area contributed by atoms with E-state index >= 15 is 0 Å². The van der Waals surface area contributed by atoms with Crippen molar-refractivity contribution in [3.8, 4) is 0 Å². The molecule has 0 saturated heterocycles. The zero-order valence-electron chi connectivity index (χ0n) is 7.27. The van der Waals surface area contributed by atoms with Gasteiger partial charge in [0.25, 0.3) is 0 Å². The van der Waals surface area contributed by atoms with Gasteiger partial charge in [-0.3, -0.25) is 0 Å². The molecule has 2 rings (SSSR count). The van der Waals surface area contributed by atoms with Crippen LogP contribution in [0, 0.1) is 4.64 Å². The normalized spacial score (nSPS) is 9.71. The Balaban J connectivity index is 2.28. The van der Waals surface area contributed by atoms with E-state index in [1.165, 1.54) is 0 Å². The van der Waals surface area contributed by atoms with Gasteiger partial charge >= 0.3 is 0 Å². The highest BCUT2D eigenvalue weighted by atomic mass is 32.1. The Morgan fingerprint density at radius 2 is 2.00 bits per heavy atom. The molecule has 2 aromatic rings. The molecule has 0 amide bonds. The minimum Gasteiger partial charge on any atom is -0.352 e. The SMILES string of the molecule is S=c1[nH]nncc1Nc1ccccc1. The average molecular weight is 204 g/mol. The van der Waals surface area contributed by atoms with E-state index in [-0.39, 0.29) is 0 Å². The maximum atomic E-state index is 5.03. The second-order valence-electron chi connectivity index (χ2n) is 2.69. The molecule has 0 radical (unpaired) electrons. The van der Waals surface area contributed by atoms with Crippen molar-refractivity contribution in [2.75, 3.05) is 5.32 Å². The predicted molar refractivity (Wildman–Crippen MR) is 56.9 cm³/mol. The second kappa shape index (κ2) is 3.97. The number of aromatic nitrogens is 3. The van der Waals surface area contributed by atoms with Crippen LogP contribution in [0.2, 0.25) is 0 Å². The number of hydrogen-bond acceptors (Lipinski definition) is 4. The zero-order chi connectivity index (χ0) is 9.80. The Bertz CT molecular complexity index is 465. The van der Waals surface area contributed by atoms with Crippen molar-refractivity contribution in [3.05, 3.63) is 41.2 Å². The maximum absolute atomic E-state index is 5.03. The Morgan fingerprint density at radius 3 is 2.71 bits per heavy atom. The molecule has 1 heterocycles. The molecule has 1 aromatic carbocycles. The Kier molecular flexibility index (Phi) is 2.51. The Labute approximate surface area is 86.0 Å². The van der Waals surface area contributed by atoms with Crippen LogP contribution in [0.25, 0.3) is 0 Å². The monoisotopic (exact) mass is 204 g/mol. The van der Waals surface area contributed by atoms with Crippen molar-refractivity contribution in [2.45, 2.75) is 0 Å². The first kappa shape index (κ1) is 8.83.